The molecule has 0 saturated heterocycles. The van der Waals surface area contributed by atoms with Gasteiger partial charge in [-0.2, -0.15) is 0 Å². The second kappa shape index (κ2) is 3.68. The number of hydrogen-bond acceptors (Lipinski definition) is 2. The van der Waals surface area contributed by atoms with Gasteiger partial charge in [0.05, 0.1) is 0 Å². The molecular weight excluding hydrogens is 150 g/mol. The van der Waals surface area contributed by atoms with Crippen molar-refractivity contribution in [3.8, 4) is 18.1 Å². The van der Waals surface area contributed by atoms with Crippen LogP contribution in [0, 0.1) is 19.3 Å². The monoisotopic (exact) mass is 161 g/mol. The first-order valence-corrected chi connectivity index (χ1v) is 3.66. The Morgan fingerprint density at radius 1 is 1.58 bits per heavy atom. The van der Waals surface area contributed by atoms with Gasteiger partial charge in [-0.1, -0.05) is 5.92 Å². The summed E-state index contributed by atoms with van der Waals surface area (Å²) in [6, 6.07) is 5.46. The number of nitrogen functional groups attached to an aromatic ring is 1. The highest BCUT2D eigenvalue weighted by molar-refractivity contribution is 5.47. The highest BCUT2D eigenvalue weighted by atomic mass is 16.5. The minimum atomic E-state index is 0.296. The second-order valence-corrected chi connectivity index (χ2v) is 2.52. The highest BCUT2D eigenvalue weighted by Gasteiger charge is 1.97. The standard InChI is InChI=1S/C10H11NO/c1-3-6-12-10-5-4-9(11)7-8(10)2/h1,4-5,7H,6,11H2,2H3. The largest absolute Gasteiger partial charge is 0.481 e. The van der Waals surface area contributed by atoms with Crippen molar-refractivity contribution in [2.45, 2.75) is 6.92 Å². The number of ether oxygens (including phenoxy) is 1. The van der Waals surface area contributed by atoms with Crippen molar-refractivity contribution in [1.29, 1.82) is 0 Å². The van der Waals surface area contributed by atoms with Crippen molar-refractivity contribution >= 4 is 5.69 Å². The van der Waals surface area contributed by atoms with Crippen molar-refractivity contribution in [1.82, 2.24) is 0 Å². The third-order valence-corrected chi connectivity index (χ3v) is 1.51. The van der Waals surface area contributed by atoms with E-state index in [1.165, 1.54) is 0 Å². The third-order valence-electron chi connectivity index (χ3n) is 1.51. The summed E-state index contributed by atoms with van der Waals surface area (Å²) in [6.45, 7) is 2.23. The Morgan fingerprint density at radius 2 is 2.33 bits per heavy atom. The quantitative estimate of drug-likeness (QED) is 0.528. The van der Waals surface area contributed by atoms with Crippen molar-refractivity contribution in [2.24, 2.45) is 0 Å². The van der Waals surface area contributed by atoms with E-state index in [-0.39, 0.29) is 0 Å². The summed E-state index contributed by atoms with van der Waals surface area (Å²) in [5.41, 5.74) is 7.30. The van der Waals surface area contributed by atoms with E-state index in [0.29, 0.717) is 6.61 Å². The Labute approximate surface area is 72.3 Å². The zero-order valence-electron chi connectivity index (χ0n) is 7.00. The van der Waals surface area contributed by atoms with Gasteiger partial charge in [0.2, 0.25) is 0 Å². The molecule has 0 spiro atoms. The van der Waals surface area contributed by atoms with E-state index in [1.54, 1.807) is 6.07 Å². The molecule has 0 aromatic heterocycles. The van der Waals surface area contributed by atoms with Gasteiger partial charge in [-0.25, -0.2) is 0 Å². The molecule has 0 atom stereocenters. The molecule has 0 aliphatic heterocycles. The third kappa shape index (κ3) is 1.93. The van der Waals surface area contributed by atoms with Crippen LogP contribution in [0.4, 0.5) is 5.69 Å². The predicted octanol–water partition coefficient (Wildman–Crippen LogP) is 1.59. The molecule has 1 aromatic carbocycles. The summed E-state index contributed by atoms with van der Waals surface area (Å²) < 4.78 is 5.25. The smallest absolute Gasteiger partial charge is 0.148 e. The number of nitrogens with two attached hydrogens (primary N) is 1. The molecular formula is C10H11NO. The molecule has 2 N–H and O–H groups in total. The first-order valence-electron chi connectivity index (χ1n) is 3.66. The normalized spacial score (nSPS) is 9.00. The van der Waals surface area contributed by atoms with E-state index in [1.807, 2.05) is 19.1 Å². The summed E-state index contributed by atoms with van der Waals surface area (Å²) >= 11 is 0. The lowest BCUT2D eigenvalue weighted by Gasteiger charge is -2.05. The Kier molecular flexibility index (Phi) is 2.60. The van der Waals surface area contributed by atoms with Crippen LogP contribution >= 0.6 is 0 Å². The maximum atomic E-state index is 5.56. The molecule has 0 fully saturated rings. The number of rotatable bonds is 2. The Morgan fingerprint density at radius 3 is 2.92 bits per heavy atom. The van der Waals surface area contributed by atoms with Gasteiger partial charge in [0.25, 0.3) is 0 Å². The molecule has 0 unspecified atom stereocenters. The van der Waals surface area contributed by atoms with E-state index in [0.717, 1.165) is 17.0 Å². The molecule has 0 amide bonds. The molecule has 2 heteroatoms. The number of terminal acetylenes is 1. The lowest BCUT2D eigenvalue weighted by molar-refractivity contribution is 0.368. The van der Waals surface area contributed by atoms with Crippen LogP contribution in [-0.2, 0) is 0 Å². The maximum Gasteiger partial charge on any atom is 0.148 e. The number of anilines is 1. The van der Waals surface area contributed by atoms with Crippen LogP contribution in [0.5, 0.6) is 5.75 Å². The fourth-order valence-corrected chi connectivity index (χ4v) is 0.954. The maximum absolute atomic E-state index is 5.56. The van der Waals surface area contributed by atoms with Crippen LogP contribution in [0.25, 0.3) is 0 Å². The fourth-order valence-electron chi connectivity index (χ4n) is 0.954. The zero-order chi connectivity index (χ0) is 8.97. The average molecular weight is 161 g/mol. The van der Waals surface area contributed by atoms with Gasteiger partial charge in [0.1, 0.15) is 12.4 Å². The lowest BCUT2D eigenvalue weighted by atomic mass is 10.2. The van der Waals surface area contributed by atoms with Crippen LogP contribution in [0.1, 0.15) is 5.56 Å². The molecule has 62 valence electrons. The molecule has 0 aliphatic carbocycles. The summed E-state index contributed by atoms with van der Waals surface area (Å²) in [5.74, 6) is 3.20. The van der Waals surface area contributed by atoms with Crippen molar-refractivity contribution in [3.63, 3.8) is 0 Å². The van der Waals surface area contributed by atoms with Gasteiger partial charge in [-0.05, 0) is 30.7 Å². The molecule has 1 rings (SSSR count). The fraction of sp³-hybridized carbons (Fsp3) is 0.200. The van der Waals surface area contributed by atoms with Crippen LogP contribution in [-0.4, -0.2) is 6.61 Å². The number of benzene rings is 1. The molecule has 12 heavy (non-hydrogen) atoms. The molecule has 0 bridgehead atoms. The number of hydrogen-bond donors (Lipinski definition) is 1. The van der Waals surface area contributed by atoms with Crippen LogP contribution in [0.3, 0.4) is 0 Å². The highest BCUT2D eigenvalue weighted by Crippen LogP contribution is 2.19. The van der Waals surface area contributed by atoms with Crippen molar-refractivity contribution in [3.05, 3.63) is 23.8 Å². The molecule has 2 nitrogen and oxygen atoms in total. The second-order valence-electron chi connectivity index (χ2n) is 2.52. The SMILES string of the molecule is C#CCOc1ccc(N)cc1C. The Bertz CT molecular complexity index is 312. The summed E-state index contributed by atoms with van der Waals surface area (Å²) in [5, 5.41) is 0. The van der Waals surface area contributed by atoms with Gasteiger partial charge < -0.3 is 10.5 Å². The molecule has 0 aliphatic rings. The van der Waals surface area contributed by atoms with Gasteiger partial charge in [0, 0.05) is 5.69 Å². The summed E-state index contributed by atoms with van der Waals surface area (Å²) in [6.07, 6.45) is 5.06. The van der Waals surface area contributed by atoms with Gasteiger partial charge in [0.15, 0.2) is 0 Å². The van der Waals surface area contributed by atoms with E-state index >= 15 is 0 Å². The minimum absolute atomic E-state index is 0.296. The molecule has 0 radical (unpaired) electrons. The summed E-state index contributed by atoms with van der Waals surface area (Å²) in [7, 11) is 0. The van der Waals surface area contributed by atoms with E-state index < -0.39 is 0 Å². The predicted molar refractivity (Wildman–Crippen MR) is 49.9 cm³/mol. The Balaban J connectivity index is 2.81. The first kappa shape index (κ1) is 8.48. The Hall–Kier alpha value is -1.62. The minimum Gasteiger partial charge on any atom is -0.481 e. The number of aryl methyl sites for hydroxylation is 1. The topological polar surface area (TPSA) is 35.2 Å². The first-order chi connectivity index (χ1) is 5.74. The average Bonchev–Trinajstić information content (AvgIpc) is 2.03. The van der Waals surface area contributed by atoms with Crippen LogP contribution in [0.15, 0.2) is 18.2 Å². The van der Waals surface area contributed by atoms with E-state index in [9.17, 15) is 0 Å². The zero-order valence-corrected chi connectivity index (χ0v) is 7.00. The van der Waals surface area contributed by atoms with Crippen molar-refractivity contribution < 1.29 is 4.74 Å². The van der Waals surface area contributed by atoms with Crippen LogP contribution < -0.4 is 10.5 Å². The lowest BCUT2D eigenvalue weighted by Crippen LogP contribution is -1.96. The molecule has 0 heterocycles. The molecule has 0 saturated carbocycles. The molecule has 1 aromatic rings. The van der Waals surface area contributed by atoms with E-state index in [4.69, 9.17) is 16.9 Å². The van der Waals surface area contributed by atoms with Gasteiger partial charge in [-0.3, -0.25) is 0 Å². The summed E-state index contributed by atoms with van der Waals surface area (Å²) in [4.78, 5) is 0. The van der Waals surface area contributed by atoms with Crippen molar-refractivity contribution in [2.75, 3.05) is 12.3 Å². The van der Waals surface area contributed by atoms with Gasteiger partial charge in [-0.15, -0.1) is 6.42 Å². The van der Waals surface area contributed by atoms with Gasteiger partial charge >= 0.3 is 0 Å². The van der Waals surface area contributed by atoms with E-state index in [2.05, 4.69) is 5.92 Å². The van der Waals surface area contributed by atoms with Crippen LogP contribution in [0.2, 0.25) is 0 Å².